The maximum atomic E-state index is 13.7. The van der Waals surface area contributed by atoms with Gasteiger partial charge in [0, 0.05) is 27.9 Å². The van der Waals surface area contributed by atoms with Crippen molar-refractivity contribution >= 4 is 50.2 Å². The van der Waals surface area contributed by atoms with Gasteiger partial charge in [-0.1, -0.05) is 22.0 Å². The topological polar surface area (TPSA) is 110 Å². The summed E-state index contributed by atoms with van der Waals surface area (Å²) < 4.78 is 11.8. The Morgan fingerprint density at radius 1 is 1.11 bits per heavy atom. The summed E-state index contributed by atoms with van der Waals surface area (Å²) in [6.07, 6.45) is 2.82. The number of halogens is 1. The maximum Gasteiger partial charge on any atom is 0.338 e. The van der Waals surface area contributed by atoms with Gasteiger partial charge in [0.25, 0.3) is 5.91 Å². The molecule has 5 rings (SSSR count). The summed E-state index contributed by atoms with van der Waals surface area (Å²) in [5, 5.41) is 11.6. The van der Waals surface area contributed by atoms with Gasteiger partial charge in [-0.05, 0) is 74.0 Å². The van der Waals surface area contributed by atoms with E-state index < -0.39 is 29.5 Å². The number of carbonyl (C=O) groups excluding carboxylic acids is 3. The Bertz CT molecular complexity index is 1560. The van der Waals surface area contributed by atoms with Crippen LogP contribution in [0.2, 0.25) is 0 Å². The smallest absolute Gasteiger partial charge is 0.338 e. The van der Waals surface area contributed by atoms with Crippen LogP contribution in [-0.2, 0) is 9.53 Å². The highest BCUT2D eigenvalue weighted by Crippen LogP contribution is 2.42. The average molecular weight is 561 g/mol. The van der Waals surface area contributed by atoms with Crippen molar-refractivity contribution in [2.24, 2.45) is 0 Å². The number of fused-ring (bicyclic) bond motifs is 1. The fourth-order valence-electron chi connectivity index (χ4n) is 4.26. The molecule has 2 aromatic heterocycles. The second-order valence-electron chi connectivity index (χ2n) is 8.75. The maximum absolute atomic E-state index is 13.7. The first-order chi connectivity index (χ1) is 17.7. The summed E-state index contributed by atoms with van der Waals surface area (Å²) in [6, 6.07) is 15.5. The van der Waals surface area contributed by atoms with Crippen LogP contribution in [0.1, 0.15) is 46.4 Å². The summed E-state index contributed by atoms with van der Waals surface area (Å²) in [6.45, 7) is 3.50. The van der Waals surface area contributed by atoms with E-state index >= 15 is 0 Å². The third-order valence-electron chi connectivity index (χ3n) is 5.88. The molecule has 0 radical (unpaired) electrons. The molecule has 1 aliphatic rings. The van der Waals surface area contributed by atoms with Crippen molar-refractivity contribution in [3.05, 3.63) is 106 Å². The number of furan rings is 1. The predicted molar refractivity (Wildman–Crippen MR) is 139 cm³/mol. The molecule has 0 fully saturated rings. The summed E-state index contributed by atoms with van der Waals surface area (Å²) in [7, 11) is 0. The van der Waals surface area contributed by atoms with Crippen LogP contribution in [0.5, 0.6) is 0 Å². The van der Waals surface area contributed by atoms with Crippen molar-refractivity contribution in [2.75, 3.05) is 4.90 Å². The Labute approximate surface area is 220 Å². The van der Waals surface area contributed by atoms with Gasteiger partial charge in [-0.15, -0.1) is 0 Å². The van der Waals surface area contributed by atoms with Crippen LogP contribution in [0.4, 0.5) is 5.69 Å². The Hall–Kier alpha value is -4.24. The van der Waals surface area contributed by atoms with Crippen LogP contribution in [0.25, 0.3) is 11.0 Å². The molecule has 1 unspecified atom stereocenters. The number of nitrogens with zero attached hydrogens (tertiary/aromatic N) is 2. The predicted octanol–water partition coefficient (Wildman–Crippen LogP) is 5.94. The highest BCUT2D eigenvalue weighted by atomic mass is 79.9. The number of Topliss-reactive ketones (excluding diaryl/α,β-unsaturated/α-hetero) is 1. The zero-order valence-electron chi connectivity index (χ0n) is 19.8. The Balaban J connectivity index is 1.56. The number of aromatic nitrogens is 1. The number of aliphatic hydroxyl groups excluding tert-OH is 1. The molecule has 0 spiro atoms. The molecule has 3 heterocycles. The molecule has 0 saturated carbocycles. The SMILES string of the molecule is CC(C)OC(=O)c1ccc(N2C(=O)C(O)=C(C(=O)c3cc4cc(Br)ccc4o3)C2c2cccnc2)cc1. The highest BCUT2D eigenvalue weighted by Gasteiger charge is 2.45. The first-order valence-electron chi connectivity index (χ1n) is 11.5. The monoisotopic (exact) mass is 560 g/mol. The van der Waals surface area contributed by atoms with Gasteiger partial charge in [0.05, 0.1) is 23.3 Å². The van der Waals surface area contributed by atoms with E-state index in [9.17, 15) is 19.5 Å². The van der Waals surface area contributed by atoms with Gasteiger partial charge in [-0.3, -0.25) is 19.5 Å². The lowest BCUT2D eigenvalue weighted by atomic mass is 9.96. The molecule has 1 atom stereocenters. The molecule has 2 aromatic carbocycles. The van der Waals surface area contributed by atoms with Crippen molar-refractivity contribution in [3.8, 4) is 0 Å². The van der Waals surface area contributed by atoms with Crippen LogP contribution < -0.4 is 4.90 Å². The minimum atomic E-state index is -0.970. The number of pyridine rings is 1. The summed E-state index contributed by atoms with van der Waals surface area (Å²) in [4.78, 5) is 44.7. The standard InChI is InChI=1S/C28H21BrN2O6/c1-15(2)36-28(35)16-5-8-20(9-6-16)31-24(17-4-3-11-30-14-17)23(26(33)27(31)34)25(32)22-13-18-12-19(29)7-10-21(18)37-22/h3-15,24,33H,1-2H3. The van der Waals surface area contributed by atoms with Gasteiger partial charge in [0.15, 0.2) is 11.5 Å². The molecular formula is C28H21BrN2O6. The normalized spacial score (nSPS) is 15.6. The number of anilines is 1. The molecule has 37 heavy (non-hydrogen) atoms. The van der Waals surface area contributed by atoms with E-state index in [1.807, 2.05) is 0 Å². The molecule has 0 bridgehead atoms. The van der Waals surface area contributed by atoms with Gasteiger partial charge in [0.2, 0.25) is 5.78 Å². The Morgan fingerprint density at radius 2 is 1.86 bits per heavy atom. The number of hydrogen-bond donors (Lipinski definition) is 1. The van der Waals surface area contributed by atoms with Crippen molar-refractivity contribution < 1.29 is 28.6 Å². The van der Waals surface area contributed by atoms with E-state index in [0.717, 1.165) is 4.47 Å². The minimum absolute atomic E-state index is 0.00929. The molecular weight excluding hydrogens is 540 g/mol. The first-order valence-corrected chi connectivity index (χ1v) is 12.3. The molecule has 8 nitrogen and oxygen atoms in total. The van der Waals surface area contributed by atoms with Gasteiger partial charge in [-0.2, -0.15) is 0 Å². The third-order valence-corrected chi connectivity index (χ3v) is 6.37. The van der Waals surface area contributed by atoms with Crippen molar-refractivity contribution in [1.29, 1.82) is 0 Å². The Morgan fingerprint density at radius 3 is 2.54 bits per heavy atom. The molecule has 186 valence electrons. The lowest BCUT2D eigenvalue weighted by Crippen LogP contribution is -2.31. The van der Waals surface area contributed by atoms with Crippen LogP contribution in [0, 0.1) is 0 Å². The molecule has 9 heteroatoms. The molecule has 4 aromatic rings. The van der Waals surface area contributed by atoms with Crippen molar-refractivity contribution in [1.82, 2.24) is 4.98 Å². The van der Waals surface area contributed by atoms with Gasteiger partial charge < -0.3 is 14.3 Å². The molecule has 0 saturated heterocycles. The van der Waals surface area contributed by atoms with E-state index in [1.54, 1.807) is 68.6 Å². The largest absolute Gasteiger partial charge is 0.503 e. The van der Waals surface area contributed by atoms with Crippen LogP contribution in [0.15, 0.2) is 93.3 Å². The van der Waals surface area contributed by atoms with Crippen LogP contribution in [-0.4, -0.2) is 33.9 Å². The number of hydrogen-bond acceptors (Lipinski definition) is 7. The number of amides is 1. The molecule has 1 aliphatic heterocycles. The van der Waals surface area contributed by atoms with Crippen molar-refractivity contribution in [2.45, 2.75) is 26.0 Å². The average Bonchev–Trinajstić information content (AvgIpc) is 3.42. The van der Waals surface area contributed by atoms with E-state index in [1.165, 1.54) is 23.2 Å². The van der Waals surface area contributed by atoms with Gasteiger partial charge in [-0.25, -0.2) is 4.79 Å². The quantitative estimate of drug-likeness (QED) is 0.229. The number of rotatable bonds is 6. The third kappa shape index (κ3) is 4.53. The highest BCUT2D eigenvalue weighted by molar-refractivity contribution is 9.10. The number of carbonyl (C=O) groups is 3. The van der Waals surface area contributed by atoms with E-state index in [0.29, 0.717) is 27.8 Å². The van der Waals surface area contributed by atoms with E-state index in [2.05, 4.69) is 20.9 Å². The second-order valence-corrected chi connectivity index (χ2v) is 9.66. The van der Waals surface area contributed by atoms with Crippen LogP contribution in [0.3, 0.4) is 0 Å². The summed E-state index contributed by atoms with van der Waals surface area (Å²) in [5.41, 5.74) is 1.58. The first kappa shape index (κ1) is 24.5. The fraction of sp³-hybridized carbons (Fsp3) is 0.143. The summed E-state index contributed by atoms with van der Waals surface area (Å²) >= 11 is 3.40. The number of aliphatic hydroxyl groups is 1. The molecule has 0 aliphatic carbocycles. The number of esters is 1. The van der Waals surface area contributed by atoms with Crippen molar-refractivity contribution in [3.63, 3.8) is 0 Å². The minimum Gasteiger partial charge on any atom is -0.503 e. The van der Waals surface area contributed by atoms with Gasteiger partial charge >= 0.3 is 5.97 Å². The number of ketones is 1. The van der Waals surface area contributed by atoms with E-state index in [4.69, 9.17) is 9.15 Å². The zero-order chi connectivity index (χ0) is 26.3. The van der Waals surface area contributed by atoms with Gasteiger partial charge in [0.1, 0.15) is 5.58 Å². The Kier molecular flexibility index (Phi) is 6.39. The summed E-state index contributed by atoms with van der Waals surface area (Å²) in [5.74, 6) is -2.56. The molecule has 1 N–H and O–H groups in total. The number of benzene rings is 2. The second kappa shape index (κ2) is 9.67. The molecule has 1 amide bonds. The van der Waals surface area contributed by atoms with E-state index in [-0.39, 0.29) is 17.4 Å². The van der Waals surface area contributed by atoms with Crippen LogP contribution >= 0.6 is 15.9 Å². The zero-order valence-corrected chi connectivity index (χ0v) is 21.4. The lowest BCUT2D eigenvalue weighted by Gasteiger charge is -2.26. The lowest BCUT2D eigenvalue weighted by molar-refractivity contribution is -0.117. The number of ether oxygens (including phenoxy) is 1. The fourth-order valence-corrected chi connectivity index (χ4v) is 4.63.